The molecular weight excluding hydrogens is 248 g/mol. The zero-order valence-corrected chi connectivity index (χ0v) is 10.6. The minimum absolute atomic E-state index is 0.422. The largest absolute Gasteiger partial charge is 0.399 e. The number of hydrogen-bond acceptors (Lipinski definition) is 3. The first-order chi connectivity index (χ1) is 8.65. The summed E-state index contributed by atoms with van der Waals surface area (Å²) in [4.78, 5) is 0. The fourth-order valence-corrected chi connectivity index (χ4v) is 1.79. The number of aliphatic hydroxyl groups excluding tert-OH is 1. The number of nitrogens with one attached hydrogen (secondary N) is 1. The summed E-state index contributed by atoms with van der Waals surface area (Å²) in [5.41, 5.74) is 8.05. The molecule has 4 N–H and O–H groups in total. The molecule has 0 saturated carbocycles. The minimum atomic E-state index is -0.593. The highest BCUT2D eigenvalue weighted by molar-refractivity contribution is 6.30. The smallest absolute Gasteiger partial charge is 0.0963 e. The predicted octanol–water partition coefficient (Wildman–Crippen LogP) is 3.07. The van der Waals surface area contributed by atoms with E-state index in [0.29, 0.717) is 17.3 Å². The lowest BCUT2D eigenvalue weighted by atomic mass is 10.1. The third-order valence-electron chi connectivity index (χ3n) is 2.64. The van der Waals surface area contributed by atoms with Crippen LogP contribution in [-0.4, -0.2) is 11.7 Å². The average Bonchev–Trinajstić information content (AvgIpc) is 2.38. The lowest BCUT2D eigenvalue weighted by Gasteiger charge is -2.13. The monoisotopic (exact) mass is 262 g/mol. The topological polar surface area (TPSA) is 58.3 Å². The highest BCUT2D eigenvalue weighted by Gasteiger charge is 2.07. The fourth-order valence-electron chi connectivity index (χ4n) is 1.67. The van der Waals surface area contributed by atoms with Crippen LogP contribution >= 0.6 is 11.6 Å². The quantitative estimate of drug-likeness (QED) is 0.742. The molecule has 0 fully saturated rings. The number of aliphatic hydroxyl groups is 1. The van der Waals surface area contributed by atoms with Gasteiger partial charge in [-0.2, -0.15) is 0 Å². The van der Waals surface area contributed by atoms with Crippen molar-refractivity contribution in [1.82, 2.24) is 0 Å². The van der Waals surface area contributed by atoms with Gasteiger partial charge < -0.3 is 16.2 Å². The van der Waals surface area contributed by atoms with Crippen LogP contribution in [0.2, 0.25) is 5.02 Å². The molecule has 0 bridgehead atoms. The van der Waals surface area contributed by atoms with Gasteiger partial charge >= 0.3 is 0 Å². The molecule has 0 amide bonds. The Morgan fingerprint density at radius 3 is 2.56 bits per heavy atom. The van der Waals surface area contributed by atoms with Crippen LogP contribution < -0.4 is 11.1 Å². The number of halogens is 1. The van der Waals surface area contributed by atoms with Crippen LogP contribution in [0.25, 0.3) is 0 Å². The second-order valence-electron chi connectivity index (χ2n) is 4.07. The van der Waals surface area contributed by atoms with Gasteiger partial charge in [0, 0.05) is 22.9 Å². The molecule has 0 aliphatic carbocycles. The molecule has 0 radical (unpaired) electrons. The number of benzene rings is 2. The Bertz CT molecular complexity index is 513. The molecule has 4 heteroatoms. The lowest BCUT2D eigenvalue weighted by molar-refractivity contribution is 0.191. The van der Waals surface area contributed by atoms with Crippen LogP contribution in [0.1, 0.15) is 11.7 Å². The van der Waals surface area contributed by atoms with E-state index in [9.17, 15) is 5.11 Å². The van der Waals surface area contributed by atoms with Gasteiger partial charge in [-0.3, -0.25) is 0 Å². The Balaban J connectivity index is 1.96. The summed E-state index contributed by atoms with van der Waals surface area (Å²) in [5, 5.41) is 13.8. The molecule has 0 spiro atoms. The van der Waals surface area contributed by atoms with Crippen molar-refractivity contribution in [3.8, 4) is 0 Å². The van der Waals surface area contributed by atoms with Crippen LogP contribution in [0.5, 0.6) is 0 Å². The summed E-state index contributed by atoms with van der Waals surface area (Å²) in [7, 11) is 0. The molecular formula is C14H15ClN2O. The van der Waals surface area contributed by atoms with E-state index in [2.05, 4.69) is 5.32 Å². The van der Waals surface area contributed by atoms with Gasteiger partial charge in [0.25, 0.3) is 0 Å². The first-order valence-electron chi connectivity index (χ1n) is 5.68. The van der Waals surface area contributed by atoms with Crippen molar-refractivity contribution in [3.63, 3.8) is 0 Å². The molecule has 1 unspecified atom stereocenters. The van der Waals surface area contributed by atoms with Crippen molar-refractivity contribution in [2.45, 2.75) is 6.10 Å². The van der Waals surface area contributed by atoms with Gasteiger partial charge in [0.2, 0.25) is 0 Å². The highest BCUT2D eigenvalue weighted by Crippen LogP contribution is 2.18. The van der Waals surface area contributed by atoms with Gasteiger partial charge in [-0.05, 0) is 42.0 Å². The summed E-state index contributed by atoms with van der Waals surface area (Å²) < 4.78 is 0. The summed E-state index contributed by atoms with van der Waals surface area (Å²) in [6.45, 7) is 0.422. The van der Waals surface area contributed by atoms with Gasteiger partial charge in [0.15, 0.2) is 0 Å². The average molecular weight is 263 g/mol. The van der Waals surface area contributed by atoms with Crippen molar-refractivity contribution < 1.29 is 5.11 Å². The Hall–Kier alpha value is -1.71. The van der Waals surface area contributed by atoms with E-state index in [1.54, 1.807) is 24.3 Å². The van der Waals surface area contributed by atoms with Crippen molar-refractivity contribution in [2.24, 2.45) is 0 Å². The Morgan fingerprint density at radius 2 is 1.89 bits per heavy atom. The summed E-state index contributed by atoms with van der Waals surface area (Å²) in [6.07, 6.45) is -0.593. The van der Waals surface area contributed by atoms with Crippen molar-refractivity contribution in [3.05, 3.63) is 59.1 Å². The third kappa shape index (κ3) is 3.39. The maximum absolute atomic E-state index is 10.0. The van der Waals surface area contributed by atoms with E-state index in [1.807, 2.05) is 24.3 Å². The second kappa shape index (κ2) is 5.76. The molecule has 0 heterocycles. The number of nitrogens with two attached hydrogens (primary N) is 1. The SMILES string of the molecule is Nc1cccc(C(O)CNc2ccc(Cl)cc2)c1. The molecule has 0 aromatic heterocycles. The zero-order valence-electron chi connectivity index (χ0n) is 9.81. The zero-order chi connectivity index (χ0) is 13.0. The number of anilines is 2. The number of hydrogen-bond donors (Lipinski definition) is 3. The first-order valence-corrected chi connectivity index (χ1v) is 6.06. The molecule has 94 valence electrons. The van der Waals surface area contributed by atoms with E-state index >= 15 is 0 Å². The van der Waals surface area contributed by atoms with E-state index in [-0.39, 0.29) is 0 Å². The first kappa shape index (κ1) is 12.7. The summed E-state index contributed by atoms with van der Waals surface area (Å²) >= 11 is 5.80. The molecule has 2 aromatic rings. The molecule has 2 rings (SSSR count). The van der Waals surface area contributed by atoms with Gasteiger partial charge in [-0.25, -0.2) is 0 Å². The Labute approximate surface area is 111 Å². The standard InChI is InChI=1S/C14H15ClN2O/c15-11-4-6-13(7-5-11)17-9-14(18)10-2-1-3-12(16)8-10/h1-8,14,17-18H,9,16H2. The summed E-state index contributed by atoms with van der Waals surface area (Å²) in [5.74, 6) is 0. The fraction of sp³-hybridized carbons (Fsp3) is 0.143. The van der Waals surface area contributed by atoms with E-state index in [1.165, 1.54) is 0 Å². The maximum atomic E-state index is 10.0. The van der Waals surface area contributed by atoms with Crippen LogP contribution in [0.4, 0.5) is 11.4 Å². The van der Waals surface area contributed by atoms with Crippen LogP contribution in [0.3, 0.4) is 0 Å². The third-order valence-corrected chi connectivity index (χ3v) is 2.89. The van der Waals surface area contributed by atoms with Gasteiger partial charge in [-0.15, -0.1) is 0 Å². The van der Waals surface area contributed by atoms with Crippen molar-refractivity contribution in [1.29, 1.82) is 0 Å². The van der Waals surface area contributed by atoms with Gasteiger partial charge in [-0.1, -0.05) is 23.7 Å². The normalized spacial score (nSPS) is 12.1. The maximum Gasteiger partial charge on any atom is 0.0963 e. The van der Waals surface area contributed by atoms with Crippen LogP contribution in [0.15, 0.2) is 48.5 Å². The van der Waals surface area contributed by atoms with Crippen LogP contribution in [0, 0.1) is 0 Å². The predicted molar refractivity (Wildman–Crippen MR) is 75.8 cm³/mol. The molecule has 0 aliphatic rings. The van der Waals surface area contributed by atoms with E-state index in [4.69, 9.17) is 17.3 Å². The minimum Gasteiger partial charge on any atom is -0.399 e. The molecule has 3 nitrogen and oxygen atoms in total. The van der Waals surface area contributed by atoms with Crippen molar-refractivity contribution in [2.75, 3.05) is 17.6 Å². The van der Waals surface area contributed by atoms with Gasteiger partial charge in [0.05, 0.1) is 6.10 Å². The van der Waals surface area contributed by atoms with Crippen LogP contribution in [-0.2, 0) is 0 Å². The van der Waals surface area contributed by atoms with Gasteiger partial charge in [0.1, 0.15) is 0 Å². The number of rotatable bonds is 4. The van der Waals surface area contributed by atoms with E-state index in [0.717, 1.165) is 11.3 Å². The number of nitrogen functional groups attached to an aromatic ring is 1. The molecule has 18 heavy (non-hydrogen) atoms. The molecule has 1 atom stereocenters. The molecule has 2 aromatic carbocycles. The Morgan fingerprint density at radius 1 is 1.17 bits per heavy atom. The summed E-state index contributed by atoms with van der Waals surface area (Å²) in [6, 6.07) is 14.6. The molecule has 0 aliphatic heterocycles. The lowest BCUT2D eigenvalue weighted by Crippen LogP contribution is -2.12. The Kier molecular flexibility index (Phi) is 4.07. The highest BCUT2D eigenvalue weighted by atomic mass is 35.5. The second-order valence-corrected chi connectivity index (χ2v) is 4.51. The molecule has 0 saturated heterocycles. The van der Waals surface area contributed by atoms with E-state index < -0.39 is 6.10 Å². The van der Waals surface area contributed by atoms with Crippen molar-refractivity contribution >= 4 is 23.0 Å².